The molecule has 166 valence electrons. The fourth-order valence-electron chi connectivity index (χ4n) is 3.83. The number of esters is 1. The van der Waals surface area contributed by atoms with Crippen LogP contribution in [0, 0.1) is 5.41 Å². The standard InChI is InChI=1S/C24H46O4/c1-4-7-10-16-21-28-23(27)24(18-8-5-2,19-9-6-3)20-15-13-11-12-14-17-22(25)26/h4-21H2,1-3H3,(H,25,26). The number of hydrogen-bond donors (Lipinski definition) is 1. The van der Waals surface area contributed by atoms with Gasteiger partial charge in [0, 0.05) is 6.42 Å². The third-order valence-electron chi connectivity index (χ3n) is 5.73. The number of carboxylic acid groups (broad SMARTS) is 1. The molecule has 0 saturated heterocycles. The van der Waals surface area contributed by atoms with E-state index in [1.807, 2.05) is 0 Å². The van der Waals surface area contributed by atoms with Crippen LogP contribution in [0.5, 0.6) is 0 Å². The number of carbonyl (C=O) groups is 2. The molecule has 0 aromatic carbocycles. The molecule has 0 fully saturated rings. The number of carboxylic acids is 1. The molecule has 0 aliphatic rings. The summed E-state index contributed by atoms with van der Waals surface area (Å²) in [5.74, 6) is -0.670. The first-order chi connectivity index (χ1) is 13.5. The molecule has 0 amide bonds. The first-order valence-electron chi connectivity index (χ1n) is 11.9. The van der Waals surface area contributed by atoms with Gasteiger partial charge in [-0.05, 0) is 32.1 Å². The lowest BCUT2D eigenvalue weighted by molar-refractivity contribution is -0.158. The summed E-state index contributed by atoms with van der Waals surface area (Å²) in [7, 11) is 0. The topological polar surface area (TPSA) is 63.6 Å². The second kappa shape index (κ2) is 18.0. The van der Waals surface area contributed by atoms with Crippen molar-refractivity contribution < 1.29 is 19.4 Å². The Morgan fingerprint density at radius 3 is 1.75 bits per heavy atom. The average molecular weight is 399 g/mol. The molecule has 0 atom stereocenters. The molecule has 0 aromatic heterocycles. The Labute approximate surface area is 173 Å². The highest BCUT2D eigenvalue weighted by atomic mass is 16.5. The molecular weight excluding hydrogens is 352 g/mol. The predicted octanol–water partition coefficient (Wildman–Crippen LogP) is 7.29. The van der Waals surface area contributed by atoms with Gasteiger partial charge in [0.05, 0.1) is 12.0 Å². The van der Waals surface area contributed by atoms with Crippen molar-refractivity contribution >= 4 is 11.9 Å². The van der Waals surface area contributed by atoms with E-state index < -0.39 is 5.97 Å². The largest absolute Gasteiger partial charge is 0.481 e. The summed E-state index contributed by atoms with van der Waals surface area (Å²) in [4.78, 5) is 23.7. The fourth-order valence-corrected chi connectivity index (χ4v) is 3.83. The Morgan fingerprint density at radius 1 is 0.679 bits per heavy atom. The molecule has 0 aliphatic carbocycles. The molecule has 4 heteroatoms. The summed E-state index contributed by atoms with van der Waals surface area (Å²) in [5.41, 5.74) is -0.308. The van der Waals surface area contributed by atoms with Crippen molar-refractivity contribution in [1.82, 2.24) is 0 Å². The highest BCUT2D eigenvalue weighted by molar-refractivity contribution is 5.76. The molecule has 0 spiro atoms. The SMILES string of the molecule is CCCCCCOC(=O)C(CCCC)(CCCC)CCCCCCCC(=O)O. The molecule has 1 N–H and O–H groups in total. The third kappa shape index (κ3) is 13.2. The van der Waals surface area contributed by atoms with Gasteiger partial charge < -0.3 is 9.84 Å². The lowest BCUT2D eigenvalue weighted by Crippen LogP contribution is -2.33. The summed E-state index contributed by atoms with van der Waals surface area (Å²) in [6.07, 6.45) is 16.8. The van der Waals surface area contributed by atoms with Gasteiger partial charge in [0.1, 0.15) is 0 Å². The van der Waals surface area contributed by atoms with Crippen molar-refractivity contribution in [2.75, 3.05) is 6.61 Å². The van der Waals surface area contributed by atoms with Crippen molar-refractivity contribution in [3.8, 4) is 0 Å². The Balaban J connectivity index is 4.61. The molecule has 4 nitrogen and oxygen atoms in total. The van der Waals surface area contributed by atoms with Crippen LogP contribution in [0.3, 0.4) is 0 Å². The van der Waals surface area contributed by atoms with E-state index in [2.05, 4.69) is 20.8 Å². The fraction of sp³-hybridized carbons (Fsp3) is 0.917. The van der Waals surface area contributed by atoms with Gasteiger partial charge in [-0.15, -0.1) is 0 Å². The van der Waals surface area contributed by atoms with Gasteiger partial charge in [-0.1, -0.05) is 91.4 Å². The van der Waals surface area contributed by atoms with Crippen LogP contribution in [0.2, 0.25) is 0 Å². The summed E-state index contributed by atoms with van der Waals surface area (Å²) in [6.45, 7) is 7.12. The van der Waals surface area contributed by atoms with Crippen LogP contribution in [-0.4, -0.2) is 23.7 Å². The lowest BCUT2D eigenvalue weighted by atomic mass is 9.74. The van der Waals surface area contributed by atoms with Gasteiger partial charge in [-0.3, -0.25) is 9.59 Å². The van der Waals surface area contributed by atoms with Crippen molar-refractivity contribution in [1.29, 1.82) is 0 Å². The number of ether oxygens (including phenoxy) is 1. The van der Waals surface area contributed by atoms with Crippen molar-refractivity contribution in [3.05, 3.63) is 0 Å². The van der Waals surface area contributed by atoms with E-state index in [1.54, 1.807) is 0 Å². The molecule has 28 heavy (non-hydrogen) atoms. The minimum Gasteiger partial charge on any atom is -0.481 e. The van der Waals surface area contributed by atoms with Gasteiger partial charge in [0.25, 0.3) is 0 Å². The molecule has 0 bridgehead atoms. The number of aliphatic carboxylic acids is 1. The molecule has 0 aromatic rings. The Bertz CT molecular complexity index is 384. The van der Waals surface area contributed by atoms with Crippen molar-refractivity contribution in [2.45, 2.75) is 130 Å². The van der Waals surface area contributed by atoms with Gasteiger partial charge in [-0.25, -0.2) is 0 Å². The summed E-state index contributed by atoms with van der Waals surface area (Å²) >= 11 is 0. The molecule has 0 unspecified atom stereocenters. The van der Waals surface area contributed by atoms with E-state index in [0.29, 0.717) is 6.61 Å². The van der Waals surface area contributed by atoms with Gasteiger partial charge in [-0.2, -0.15) is 0 Å². The van der Waals surface area contributed by atoms with Crippen LogP contribution in [0.4, 0.5) is 0 Å². The minimum atomic E-state index is -0.708. The van der Waals surface area contributed by atoms with Crippen LogP contribution in [0.25, 0.3) is 0 Å². The second-order valence-corrected chi connectivity index (χ2v) is 8.35. The molecule has 0 rings (SSSR count). The molecule has 0 aliphatic heterocycles. The summed E-state index contributed by atoms with van der Waals surface area (Å²) < 4.78 is 5.77. The predicted molar refractivity (Wildman–Crippen MR) is 117 cm³/mol. The van der Waals surface area contributed by atoms with Gasteiger partial charge in [0.2, 0.25) is 0 Å². The van der Waals surface area contributed by atoms with Gasteiger partial charge >= 0.3 is 11.9 Å². The van der Waals surface area contributed by atoms with Crippen LogP contribution in [0.15, 0.2) is 0 Å². The Hall–Kier alpha value is -1.06. The van der Waals surface area contributed by atoms with Crippen LogP contribution in [-0.2, 0) is 14.3 Å². The summed E-state index contributed by atoms with van der Waals surface area (Å²) in [5, 5.41) is 8.72. The van der Waals surface area contributed by atoms with Crippen LogP contribution < -0.4 is 0 Å². The third-order valence-corrected chi connectivity index (χ3v) is 5.73. The average Bonchev–Trinajstić information content (AvgIpc) is 2.68. The first kappa shape index (κ1) is 26.9. The molecular formula is C24H46O4. The second-order valence-electron chi connectivity index (χ2n) is 8.35. The smallest absolute Gasteiger partial charge is 0.312 e. The Morgan fingerprint density at radius 2 is 1.18 bits per heavy atom. The molecule has 0 radical (unpaired) electrons. The van der Waals surface area contributed by atoms with Crippen molar-refractivity contribution in [3.63, 3.8) is 0 Å². The number of hydrogen-bond acceptors (Lipinski definition) is 3. The van der Waals surface area contributed by atoms with Gasteiger partial charge in [0.15, 0.2) is 0 Å². The zero-order chi connectivity index (χ0) is 21.1. The molecule has 0 heterocycles. The maximum Gasteiger partial charge on any atom is 0.312 e. The van der Waals surface area contributed by atoms with E-state index in [4.69, 9.17) is 9.84 Å². The quantitative estimate of drug-likeness (QED) is 0.173. The van der Waals surface area contributed by atoms with E-state index in [0.717, 1.165) is 89.9 Å². The normalized spacial score (nSPS) is 11.5. The number of unbranched alkanes of at least 4 members (excludes halogenated alkanes) is 9. The van der Waals surface area contributed by atoms with Crippen LogP contribution >= 0.6 is 0 Å². The van der Waals surface area contributed by atoms with Crippen molar-refractivity contribution in [2.24, 2.45) is 5.41 Å². The molecule has 0 saturated carbocycles. The van der Waals surface area contributed by atoms with E-state index in [9.17, 15) is 9.59 Å². The highest BCUT2D eigenvalue weighted by Crippen LogP contribution is 2.38. The summed E-state index contributed by atoms with van der Waals surface area (Å²) in [6, 6.07) is 0. The van der Waals surface area contributed by atoms with E-state index >= 15 is 0 Å². The monoisotopic (exact) mass is 398 g/mol. The maximum absolute atomic E-state index is 13.1. The highest BCUT2D eigenvalue weighted by Gasteiger charge is 2.38. The maximum atomic E-state index is 13.1. The lowest BCUT2D eigenvalue weighted by Gasteiger charge is -2.32. The Kier molecular flexibility index (Phi) is 17.3. The van der Waals surface area contributed by atoms with E-state index in [1.165, 1.54) is 12.8 Å². The zero-order valence-electron chi connectivity index (χ0n) is 18.9. The minimum absolute atomic E-state index is 0.0387. The zero-order valence-corrected chi connectivity index (χ0v) is 18.9. The first-order valence-corrected chi connectivity index (χ1v) is 11.9. The number of rotatable bonds is 20. The van der Waals surface area contributed by atoms with E-state index in [-0.39, 0.29) is 17.8 Å². The van der Waals surface area contributed by atoms with Crippen LogP contribution in [0.1, 0.15) is 130 Å². The number of carbonyl (C=O) groups excluding carboxylic acids is 1.